The molecule has 0 aliphatic heterocycles. The van der Waals surface area contributed by atoms with Crippen molar-refractivity contribution in [2.24, 2.45) is 0 Å². The second-order valence-electron chi connectivity index (χ2n) is 5.74. The van der Waals surface area contributed by atoms with E-state index in [1.807, 2.05) is 18.2 Å². The van der Waals surface area contributed by atoms with Gasteiger partial charge in [-0.25, -0.2) is 4.98 Å². The van der Waals surface area contributed by atoms with Crippen LogP contribution in [0.25, 0.3) is 10.6 Å². The lowest BCUT2D eigenvalue weighted by Crippen LogP contribution is -2.15. The van der Waals surface area contributed by atoms with Crippen LogP contribution in [0.5, 0.6) is 0 Å². The van der Waals surface area contributed by atoms with Crippen molar-refractivity contribution >= 4 is 22.9 Å². The van der Waals surface area contributed by atoms with Gasteiger partial charge >= 0.3 is 0 Å². The zero-order chi connectivity index (χ0) is 13.5. The average Bonchev–Trinajstić information content (AvgIpc) is 3.36. The Hall–Kier alpha value is -0.900. The van der Waals surface area contributed by atoms with Gasteiger partial charge in [-0.3, -0.25) is 0 Å². The van der Waals surface area contributed by atoms with E-state index in [4.69, 9.17) is 16.6 Å². The summed E-state index contributed by atoms with van der Waals surface area (Å²) >= 11 is 8.11. The smallest absolute Gasteiger partial charge is 0.125 e. The molecule has 104 valence electrons. The Bertz CT molecular complexity index is 629. The summed E-state index contributed by atoms with van der Waals surface area (Å²) in [4.78, 5) is 6.31. The van der Waals surface area contributed by atoms with Gasteiger partial charge in [0, 0.05) is 28.9 Å². The van der Waals surface area contributed by atoms with Gasteiger partial charge in [-0.1, -0.05) is 29.8 Å². The number of nitrogens with one attached hydrogen (secondary N) is 1. The molecule has 0 atom stereocenters. The highest BCUT2D eigenvalue weighted by atomic mass is 35.5. The molecule has 0 bridgehead atoms. The van der Waals surface area contributed by atoms with Gasteiger partial charge in [-0.15, -0.1) is 11.3 Å². The normalized spacial score (nSPS) is 18.4. The van der Waals surface area contributed by atoms with Crippen molar-refractivity contribution < 1.29 is 0 Å². The van der Waals surface area contributed by atoms with Gasteiger partial charge in [-0.2, -0.15) is 0 Å². The topological polar surface area (TPSA) is 24.9 Å². The largest absolute Gasteiger partial charge is 0.309 e. The van der Waals surface area contributed by atoms with E-state index in [1.54, 1.807) is 11.3 Å². The minimum Gasteiger partial charge on any atom is -0.309 e. The van der Waals surface area contributed by atoms with E-state index in [1.165, 1.54) is 36.3 Å². The van der Waals surface area contributed by atoms with E-state index in [0.29, 0.717) is 5.92 Å². The summed E-state index contributed by atoms with van der Waals surface area (Å²) in [6.07, 6.45) is 5.24. The Morgan fingerprint density at radius 1 is 1.20 bits per heavy atom. The number of hydrogen-bond donors (Lipinski definition) is 1. The fourth-order valence-corrected chi connectivity index (χ4v) is 3.86. The summed E-state index contributed by atoms with van der Waals surface area (Å²) in [6.45, 7) is 0.971. The second kappa shape index (κ2) is 5.14. The van der Waals surface area contributed by atoms with Crippen LogP contribution in [0.3, 0.4) is 0 Å². The maximum absolute atomic E-state index is 6.30. The van der Waals surface area contributed by atoms with Crippen LogP contribution in [-0.2, 0) is 6.54 Å². The maximum atomic E-state index is 6.30. The van der Waals surface area contributed by atoms with Crippen LogP contribution in [0.2, 0.25) is 5.02 Å². The maximum Gasteiger partial charge on any atom is 0.125 e. The van der Waals surface area contributed by atoms with E-state index in [9.17, 15) is 0 Å². The Morgan fingerprint density at radius 3 is 2.70 bits per heavy atom. The standard InChI is InChI=1S/C16H17ClN2S/c17-13-4-2-1-3-12(13)16-19-15(10-5-6-10)14(20-16)9-18-11-7-8-11/h1-4,10-11,18H,5-9H2. The van der Waals surface area contributed by atoms with Crippen molar-refractivity contribution in [3.05, 3.63) is 39.9 Å². The Balaban J connectivity index is 1.66. The third kappa shape index (κ3) is 2.62. The number of benzene rings is 1. The molecule has 1 aromatic carbocycles. The molecule has 1 N–H and O–H groups in total. The highest BCUT2D eigenvalue weighted by Gasteiger charge is 2.30. The number of halogens is 1. The lowest BCUT2D eigenvalue weighted by molar-refractivity contribution is 0.688. The number of hydrogen-bond acceptors (Lipinski definition) is 3. The Morgan fingerprint density at radius 2 is 2.00 bits per heavy atom. The van der Waals surface area contributed by atoms with Crippen molar-refractivity contribution in [3.8, 4) is 10.6 Å². The molecular formula is C16H17ClN2S. The van der Waals surface area contributed by atoms with Gasteiger partial charge in [0.2, 0.25) is 0 Å². The molecule has 0 saturated heterocycles. The van der Waals surface area contributed by atoms with E-state index in [0.717, 1.165) is 28.2 Å². The first kappa shape index (κ1) is 12.8. The molecule has 2 aromatic rings. The molecule has 2 saturated carbocycles. The van der Waals surface area contributed by atoms with E-state index in [-0.39, 0.29) is 0 Å². The molecule has 4 rings (SSSR count). The molecule has 0 unspecified atom stereocenters. The number of thiazole rings is 1. The molecular weight excluding hydrogens is 288 g/mol. The third-order valence-corrected chi connectivity index (χ3v) is 5.36. The van der Waals surface area contributed by atoms with Crippen LogP contribution in [0.1, 0.15) is 42.2 Å². The predicted molar refractivity (Wildman–Crippen MR) is 84.4 cm³/mol. The quantitative estimate of drug-likeness (QED) is 0.873. The zero-order valence-corrected chi connectivity index (χ0v) is 12.8. The highest BCUT2D eigenvalue weighted by Crippen LogP contribution is 2.45. The molecule has 1 aromatic heterocycles. The van der Waals surface area contributed by atoms with Gasteiger partial charge in [-0.05, 0) is 31.7 Å². The van der Waals surface area contributed by atoms with Crippen molar-refractivity contribution in [2.45, 2.75) is 44.2 Å². The van der Waals surface area contributed by atoms with E-state index in [2.05, 4.69) is 11.4 Å². The third-order valence-electron chi connectivity index (χ3n) is 3.92. The van der Waals surface area contributed by atoms with Crippen LogP contribution in [0.4, 0.5) is 0 Å². The number of rotatable bonds is 5. The fourth-order valence-electron chi connectivity index (χ4n) is 2.44. The summed E-state index contributed by atoms with van der Waals surface area (Å²) in [6, 6.07) is 8.75. The molecule has 1 heterocycles. The van der Waals surface area contributed by atoms with Crippen molar-refractivity contribution in [1.82, 2.24) is 10.3 Å². The van der Waals surface area contributed by atoms with Crippen LogP contribution >= 0.6 is 22.9 Å². The molecule has 0 amide bonds. The summed E-state index contributed by atoms with van der Waals surface area (Å²) in [5.41, 5.74) is 2.39. The molecule has 0 spiro atoms. The molecule has 2 aliphatic carbocycles. The van der Waals surface area contributed by atoms with Crippen molar-refractivity contribution in [2.75, 3.05) is 0 Å². The predicted octanol–water partition coefficient (Wildman–Crippen LogP) is 4.59. The van der Waals surface area contributed by atoms with Gasteiger partial charge in [0.1, 0.15) is 5.01 Å². The first-order valence-corrected chi connectivity index (χ1v) is 8.48. The second-order valence-corrected chi connectivity index (χ2v) is 7.23. The van der Waals surface area contributed by atoms with Crippen LogP contribution < -0.4 is 5.32 Å². The molecule has 4 heteroatoms. The monoisotopic (exact) mass is 304 g/mol. The summed E-state index contributed by atoms with van der Waals surface area (Å²) in [5, 5.41) is 5.48. The van der Waals surface area contributed by atoms with Crippen LogP contribution in [0.15, 0.2) is 24.3 Å². The fraction of sp³-hybridized carbons (Fsp3) is 0.438. The van der Waals surface area contributed by atoms with Gasteiger partial charge in [0.25, 0.3) is 0 Å². The average molecular weight is 305 g/mol. The van der Waals surface area contributed by atoms with Crippen LogP contribution in [-0.4, -0.2) is 11.0 Å². The summed E-state index contributed by atoms with van der Waals surface area (Å²) in [5.74, 6) is 0.693. The van der Waals surface area contributed by atoms with Gasteiger partial charge in [0.05, 0.1) is 10.7 Å². The lowest BCUT2D eigenvalue weighted by atomic mass is 10.2. The summed E-state index contributed by atoms with van der Waals surface area (Å²) < 4.78 is 0. The molecule has 2 nitrogen and oxygen atoms in total. The molecule has 2 aliphatic rings. The minimum absolute atomic E-state index is 0.693. The van der Waals surface area contributed by atoms with E-state index < -0.39 is 0 Å². The number of nitrogens with zero attached hydrogens (tertiary/aromatic N) is 1. The molecule has 20 heavy (non-hydrogen) atoms. The Labute approximate surface area is 128 Å². The summed E-state index contributed by atoms with van der Waals surface area (Å²) in [7, 11) is 0. The van der Waals surface area contributed by atoms with Crippen molar-refractivity contribution in [3.63, 3.8) is 0 Å². The first-order valence-electron chi connectivity index (χ1n) is 7.29. The van der Waals surface area contributed by atoms with Crippen LogP contribution in [0, 0.1) is 0 Å². The first-order chi connectivity index (χ1) is 9.81. The molecule has 0 radical (unpaired) electrons. The zero-order valence-electron chi connectivity index (χ0n) is 11.2. The number of aromatic nitrogens is 1. The van der Waals surface area contributed by atoms with Gasteiger partial charge < -0.3 is 5.32 Å². The SMILES string of the molecule is Clc1ccccc1-c1nc(C2CC2)c(CNC2CC2)s1. The minimum atomic E-state index is 0.693. The molecule has 2 fully saturated rings. The van der Waals surface area contributed by atoms with Gasteiger partial charge in [0.15, 0.2) is 0 Å². The van der Waals surface area contributed by atoms with Crippen molar-refractivity contribution in [1.29, 1.82) is 0 Å². The Kier molecular flexibility index (Phi) is 3.29. The van der Waals surface area contributed by atoms with E-state index >= 15 is 0 Å². The lowest BCUT2D eigenvalue weighted by Gasteiger charge is -2.01. The highest BCUT2D eigenvalue weighted by molar-refractivity contribution is 7.15.